The smallest absolute Gasteiger partial charge is 0.411 e. The van der Waals surface area contributed by atoms with E-state index < -0.39 is 12.1 Å². The molecule has 5 nitrogen and oxygen atoms in total. The van der Waals surface area contributed by atoms with Gasteiger partial charge < -0.3 is 9.47 Å². The fourth-order valence-electron chi connectivity index (χ4n) is 1.66. The van der Waals surface area contributed by atoms with Gasteiger partial charge in [-0.05, 0) is 34.6 Å². The van der Waals surface area contributed by atoms with Crippen molar-refractivity contribution in [2.75, 3.05) is 17.7 Å². The maximum Gasteiger partial charge on any atom is 0.411 e. The Balaban J connectivity index is 2.45. The van der Waals surface area contributed by atoms with Crippen molar-refractivity contribution in [3.05, 3.63) is 35.9 Å². The normalized spacial score (nSPS) is 10.0. The standard InChI is InChI=1S/C15H20INO4/c1-2-3-9-17(15(19)21-12-16)10-14(18)20-11-13-7-5-4-6-8-13/h4-8H,2-3,9-12H2,1H3. The molecule has 1 rings (SSSR count). The first-order valence-electron chi connectivity index (χ1n) is 6.84. The molecule has 1 amide bonds. The van der Waals surface area contributed by atoms with E-state index in [4.69, 9.17) is 9.47 Å². The lowest BCUT2D eigenvalue weighted by Gasteiger charge is -2.20. The van der Waals surface area contributed by atoms with Crippen molar-refractivity contribution in [1.82, 2.24) is 4.90 Å². The van der Waals surface area contributed by atoms with Crippen molar-refractivity contribution in [3.8, 4) is 0 Å². The van der Waals surface area contributed by atoms with Gasteiger partial charge in [0.1, 0.15) is 17.8 Å². The molecule has 0 atom stereocenters. The lowest BCUT2D eigenvalue weighted by atomic mass is 10.2. The second kappa shape index (κ2) is 10.4. The Morgan fingerprint density at radius 2 is 1.90 bits per heavy atom. The summed E-state index contributed by atoms with van der Waals surface area (Å²) >= 11 is 1.95. The predicted molar refractivity (Wildman–Crippen MR) is 88.1 cm³/mol. The summed E-state index contributed by atoms with van der Waals surface area (Å²) in [5.74, 6) is -0.430. The van der Waals surface area contributed by atoms with Crippen LogP contribution in [0, 0.1) is 0 Å². The fourth-order valence-corrected chi connectivity index (χ4v) is 1.93. The highest BCUT2D eigenvalue weighted by molar-refractivity contribution is 14.1. The van der Waals surface area contributed by atoms with Gasteiger partial charge in [-0.25, -0.2) is 4.79 Å². The first-order valence-corrected chi connectivity index (χ1v) is 8.37. The summed E-state index contributed by atoms with van der Waals surface area (Å²) in [6.45, 7) is 2.65. The van der Waals surface area contributed by atoms with Gasteiger partial charge in [0.25, 0.3) is 0 Å². The molecule has 0 spiro atoms. The Hall–Kier alpha value is -1.31. The van der Waals surface area contributed by atoms with E-state index >= 15 is 0 Å². The number of unbranched alkanes of at least 4 members (excludes halogenated alkanes) is 1. The molecule has 0 saturated carbocycles. The first-order chi connectivity index (χ1) is 10.2. The topological polar surface area (TPSA) is 55.8 Å². The quantitative estimate of drug-likeness (QED) is 0.378. The van der Waals surface area contributed by atoms with Gasteiger partial charge in [-0.15, -0.1) is 0 Å². The number of esters is 1. The first kappa shape index (κ1) is 17.7. The Labute approximate surface area is 138 Å². The minimum atomic E-state index is -0.477. The van der Waals surface area contributed by atoms with Gasteiger partial charge in [-0.2, -0.15) is 0 Å². The van der Waals surface area contributed by atoms with Crippen molar-refractivity contribution in [3.63, 3.8) is 0 Å². The number of carbonyl (C=O) groups excluding carboxylic acids is 2. The molecule has 6 heteroatoms. The van der Waals surface area contributed by atoms with Crippen LogP contribution in [0.3, 0.4) is 0 Å². The van der Waals surface area contributed by atoms with E-state index in [-0.39, 0.29) is 17.8 Å². The lowest BCUT2D eigenvalue weighted by Crippen LogP contribution is -2.37. The van der Waals surface area contributed by atoms with Crippen LogP contribution in [0.5, 0.6) is 0 Å². The Morgan fingerprint density at radius 3 is 2.52 bits per heavy atom. The molecule has 0 bridgehead atoms. The second-order valence-electron chi connectivity index (χ2n) is 4.44. The highest BCUT2D eigenvalue weighted by atomic mass is 127. The fraction of sp³-hybridized carbons (Fsp3) is 0.467. The Bertz CT molecular complexity index is 439. The van der Waals surface area contributed by atoms with Crippen LogP contribution in [-0.2, 0) is 20.9 Å². The van der Waals surface area contributed by atoms with Crippen molar-refractivity contribution in [1.29, 1.82) is 0 Å². The summed E-state index contributed by atoms with van der Waals surface area (Å²) in [6.07, 6.45) is 1.28. The van der Waals surface area contributed by atoms with Crippen molar-refractivity contribution in [2.24, 2.45) is 0 Å². The van der Waals surface area contributed by atoms with E-state index in [1.807, 2.05) is 59.8 Å². The molecule has 116 valence electrons. The van der Waals surface area contributed by atoms with Gasteiger partial charge in [-0.1, -0.05) is 43.7 Å². The molecule has 0 N–H and O–H groups in total. The molecule has 0 aromatic heterocycles. The van der Waals surface area contributed by atoms with Gasteiger partial charge in [-0.3, -0.25) is 9.69 Å². The molecule has 0 saturated heterocycles. The predicted octanol–water partition coefficient (Wildman–Crippen LogP) is 3.36. The van der Waals surface area contributed by atoms with E-state index in [0.717, 1.165) is 18.4 Å². The molecule has 0 aliphatic rings. The summed E-state index contributed by atoms with van der Waals surface area (Å²) in [6, 6.07) is 9.43. The summed E-state index contributed by atoms with van der Waals surface area (Å²) in [4.78, 5) is 25.0. The summed E-state index contributed by atoms with van der Waals surface area (Å²) in [7, 11) is 0. The van der Waals surface area contributed by atoms with E-state index in [0.29, 0.717) is 6.54 Å². The zero-order valence-corrected chi connectivity index (χ0v) is 14.2. The molecule has 0 radical (unpaired) electrons. The molecule has 1 aromatic rings. The minimum Gasteiger partial charge on any atom is -0.459 e. The van der Waals surface area contributed by atoms with E-state index in [2.05, 4.69) is 0 Å². The molecule has 21 heavy (non-hydrogen) atoms. The van der Waals surface area contributed by atoms with Crippen LogP contribution < -0.4 is 0 Å². The second-order valence-corrected chi connectivity index (χ2v) is 5.06. The third-order valence-electron chi connectivity index (χ3n) is 2.78. The Morgan fingerprint density at radius 1 is 1.19 bits per heavy atom. The van der Waals surface area contributed by atoms with Crippen molar-refractivity contribution in [2.45, 2.75) is 26.4 Å². The van der Waals surface area contributed by atoms with Crippen LogP contribution in [0.4, 0.5) is 4.79 Å². The van der Waals surface area contributed by atoms with Crippen molar-refractivity contribution >= 4 is 34.7 Å². The number of halogens is 1. The van der Waals surface area contributed by atoms with Gasteiger partial charge in [0.05, 0.1) is 0 Å². The van der Waals surface area contributed by atoms with E-state index in [9.17, 15) is 9.59 Å². The van der Waals surface area contributed by atoms with Crippen LogP contribution in [0.25, 0.3) is 0 Å². The van der Waals surface area contributed by atoms with Gasteiger partial charge >= 0.3 is 12.1 Å². The van der Waals surface area contributed by atoms with E-state index in [1.54, 1.807) is 0 Å². The number of hydrogen-bond donors (Lipinski definition) is 0. The number of nitrogens with zero attached hydrogens (tertiary/aromatic N) is 1. The number of rotatable bonds is 8. The van der Waals surface area contributed by atoms with Crippen molar-refractivity contribution < 1.29 is 19.1 Å². The largest absolute Gasteiger partial charge is 0.459 e. The molecular weight excluding hydrogens is 385 g/mol. The zero-order valence-electron chi connectivity index (χ0n) is 12.1. The summed E-state index contributed by atoms with van der Waals surface area (Å²) in [5.41, 5.74) is 0.917. The number of amides is 1. The third kappa shape index (κ3) is 7.31. The van der Waals surface area contributed by atoms with Crippen LogP contribution >= 0.6 is 22.6 Å². The minimum absolute atomic E-state index is 0.0810. The lowest BCUT2D eigenvalue weighted by molar-refractivity contribution is -0.145. The summed E-state index contributed by atoms with van der Waals surface area (Å²) in [5, 5.41) is 0. The molecule has 0 fully saturated rings. The molecular formula is C15H20INO4. The van der Waals surface area contributed by atoms with Crippen LogP contribution in [0.15, 0.2) is 30.3 Å². The third-order valence-corrected chi connectivity index (χ3v) is 3.09. The zero-order chi connectivity index (χ0) is 15.5. The molecule has 1 aromatic carbocycles. The van der Waals surface area contributed by atoms with Gasteiger partial charge in [0.15, 0.2) is 0 Å². The number of hydrogen-bond acceptors (Lipinski definition) is 4. The highest BCUT2D eigenvalue weighted by Gasteiger charge is 2.18. The maximum absolute atomic E-state index is 11.8. The Kier molecular flexibility index (Phi) is 8.80. The van der Waals surface area contributed by atoms with Crippen LogP contribution in [0.2, 0.25) is 0 Å². The average molecular weight is 405 g/mol. The molecule has 0 heterocycles. The molecule has 0 aliphatic heterocycles. The van der Waals surface area contributed by atoms with Crippen LogP contribution in [0.1, 0.15) is 25.3 Å². The highest BCUT2D eigenvalue weighted by Crippen LogP contribution is 2.04. The summed E-state index contributed by atoms with van der Waals surface area (Å²) < 4.78 is 10.4. The molecule has 0 aliphatic carbocycles. The number of alkyl halides is 1. The molecule has 0 unspecified atom stereocenters. The number of benzene rings is 1. The van der Waals surface area contributed by atoms with Gasteiger partial charge in [0.2, 0.25) is 0 Å². The number of carbonyl (C=O) groups is 2. The van der Waals surface area contributed by atoms with Crippen LogP contribution in [-0.4, -0.2) is 34.7 Å². The average Bonchev–Trinajstić information content (AvgIpc) is 2.50. The monoisotopic (exact) mass is 405 g/mol. The number of ether oxygens (including phenoxy) is 2. The maximum atomic E-state index is 11.8. The SMILES string of the molecule is CCCCN(CC(=O)OCc1ccccc1)C(=O)OCI. The van der Waals surface area contributed by atoms with Gasteiger partial charge in [0, 0.05) is 6.54 Å². The van der Waals surface area contributed by atoms with E-state index in [1.165, 1.54) is 4.90 Å².